The number of carbonyl (C=O) groups is 2. The molecule has 3 aromatic rings. The van der Waals surface area contributed by atoms with Gasteiger partial charge in [-0.05, 0) is 48.7 Å². The fraction of sp³-hybridized carbons (Fsp3) is 0.300. The number of aliphatic carboxylic acids is 1. The third-order valence-electron chi connectivity index (χ3n) is 4.64. The van der Waals surface area contributed by atoms with Crippen molar-refractivity contribution in [3.8, 4) is 6.07 Å². The van der Waals surface area contributed by atoms with Crippen LogP contribution in [0.5, 0.6) is 0 Å². The van der Waals surface area contributed by atoms with Gasteiger partial charge in [-0.2, -0.15) is 18.4 Å². The number of alkyl halides is 3. The van der Waals surface area contributed by atoms with Crippen LogP contribution in [0.2, 0.25) is 0 Å². The Bertz CT molecular complexity index is 1180. The highest BCUT2D eigenvalue weighted by atomic mass is 32.1. The molecule has 0 atom stereocenters. The Morgan fingerprint density at radius 3 is 2.61 bits per heavy atom. The molecule has 33 heavy (non-hydrogen) atoms. The monoisotopic (exact) mass is 480 g/mol. The number of aromatic nitrogens is 2. The van der Waals surface area contributed by atoms with E-state index >= 15 is 0 Å². The summed E-state index contributed by atoms with van der Waals surface area (Å²) in [6.07, 6.45) is -4.02. The Morgan fingerprint density at radius 1 is 1.18 bits per heavy atom. The summed E-state index contributed by atoms with van der Waals surface area (Å²) in [7, 11) is 0. The second kappa shape index (κ2) is 10.3. The Balaban J connectivity index is 0.000000383. The normalized spacial score (nSPS) is 14.1. The molecule has 0 unspecified atom stereocenters. The second-order valence-electron chi connectivity index (χ2n) is 6.87. The summed E-state index contributed by atoms with van der Waals surface area (Å²) >= 11 is 1.30. The molecular formula is C20H19F3N6O3S. The van der Waals surface area contributed by atoms with Gasteiger partial charge < -0.3 is 20.6 Å². The first-order valence-corrected chi connectivity index (χ1v) is 10.6. The summed E-state index contributed by atoms with van der Waals surface area (Å²) < 4.78 is 33.4. The van der Waals surface area contributed by atoms with Crippen molar-refractivity contribution in [3.05, 3.63) is 46.3 Å². The minimum Gasteiger partial charge on any atom is -0.475 e. The molecule has 0 aromatic carbocycles. The van der Waals surface area contributed by atoms with Crippen LogP contribution in [0.1, 0.15) is 21.8 Å². The van der Waals surface area contributed by atoms with Crippen molar-refractivity contribution in [2.75, 3.05) is 36.4 Å². The molecule has 174 valence electrons. The van der Waals surface area contributed by atoms with E-state index < -0.39 is 12.1 Å². The van der Waals surface area contributed by atoms with Crippen LogP contribution in [-0.4, -0.2) is 59.0 Å². The summed E-state index contributed by atoms with van der Waals surface area (Å²) in [4.78, 5) is 24.3. The summed E-state index contributed by atoms with van der Waals surface area (Å²) in [5, 5.41) is 28.9. The van der Waals surface area contributed by atoms with E-state index in [-0.39, 0.29) is 5.91 Å². The van der Waals surface area contributed by atoms with Gasteiger partial charge in [0.2, 0.25) is 0 Å². The third kappa shape index (κ3) is 5.99. The predicted octanol–water partition coefficient (Wildman–Crippen LogP) is 2.95. The van der Waals surface area contributed by atoms with Crippen LogP contribution in [-0.2, 0) is 4.79 Å². The van der Waals surface area contributed by atoms with Gasteiger partial charge in [-0.1, -0.05) is 0 Å². The number of nitrogens with one attached hydrogen (secondary N) is 2. The number of carbonyl (C=O) groups excluding carboxylic acids is 1. The van der Waals surface area contributed by atoms with Gasteiger partial charge in [-0.15, -0.1) is 16.4 Å². The van der Waals surface area contributed by atoms with Gasteiger partial charge in [0.25, 0.3) is 5.91 Å². The lowest BCUT2D eigenvalue weighted by Crippen LogP contribution is -2.29. The molecule has 13 heteroatoms. The lowest BCUT2D eigenvalue weighted by molar-refractivity contribution is -0.192. The Hall–Kier alpha value is -3.63. The number of carboxylic acid groups (broad SMARTS) is 1. The molecule has 1 saturated heterocycles. The number of thiophene rings is 1. The zero-order chi connectivity index (χ0) is 24.0. The molecule has 0 bridgehead atoms. The number of carboxylic acids is 1. The number of anilines is 2. The maximum Gasteiger partial charge on any atom is 0.490 e. The SMILES string of the molecule is N#Cc1sccc1NC(=O)c1ccc2ccc(N3CCCNCC3)nn12.O=C(O)C(F)(F)F. The molecule has 1 aliphatic heterocycles. The molecule has 1 aliphatic rings. The molecule has 1 amide bonds. The zero-order valence-electron chi connectivity index (χ0n) is 17.1. The van der Waals surface area contributed by atoms with Crippen LogP contribution in [0.15, 0.2) is 35.7 Å². The fourth-order valence-electron chi connectivity index (χ4n) is 3.07. The van der Waals surface area contributed by atoms with Crippen molar-refractivity contribution in [3.63, 3.8) is 0 Å². The predicted molar refractivity (Wildman–Crippen MR) is 116 cm³/mol. The highest BCUT2D eigenvalue weighted by molar-refractivity contribution is 7.11. The van der Waals surface area contributed by atoms with Crippen LogP contribution in [0, 0.1) is 11.3 Å². The van der Waals surface area contributed by atoms with Crippen molar-refractivity contribution in [1.82, 2.24) is 14.9 Å². The van der Waals surface area contributed by atoms with Gasteiger partial charge in [-0.25, -0.2) is 9.31 Å². The quantitative estimate of drug-likeness (QED) is 0.527. The van der Waals surface area contributed by atoms with Crippen molar-refractivity contribution in [2.45, 2.75) is 12.6 Å². The van der Waals surface area contributed by atoms with Gasteiger partial charge in [0.05, 0.1) is 11.2 Å². The molecule has 9 nitrogen and oxygen atoms in total. The van der Waals surface area contributed by atoms with Crippen LogP contribution in [0.3, 0.4) is 0 Å². The minimum absolute atomic E-state index is 0.276. The van der Waals surface area contributed by atoms with Crippen molar-refractivity contribution >= 4 is 40.2 Å². The lowest BCUT2D eigenvalue weighted by atomic mass is 10.3. The average Bonchev–Trinajstić information content (AvgIpc) is 3.30. The van der Waals surface area contributed by atoms with E-state index in [0.29, 0.717) is 16.3 Å². The number of fused-ring (bicyclic) bond motifs is 1. The van der Waals surface area contributed by atoms with E-state index in [0.717, 1.165) is 43.9 Å². The number of rotatable bonds is 3. The third-order valence-corrected chi connectivity index (χ3v) is 5.46. The molecule has 0 radical (unpaired) electrons. The number of nitrogens with zero attached hydrogens (tertiary/aromatic N) is 4. The van der Waals surface area contributed by atoms with Crippen molar-refractivity contribution in [2.24, 2.45) is 0 Å². The van der Waals surface area contributed by atoms with Crippen LogP contribution < -0.4 is 15.5 Å². The maximum absolute atomic E-state index is 12.7. The van der Waals surface area contributed by atoms with Gasteiger partial charge >= 0.3 is 12.1 Å². The molecule has 1 fully saturated rings. The first-order chi connectivity index (χ1) is 15.7. The molecule has 3 N–H and O–H groups in total. The summed E-state index contributed by atoms with van der Waals surface area (Å²) in [6.45, 7) is 3.77. The number of hydrogen-bond donors (Lipinski definition) is 3. The summed E-state index contributed by atoms with van der Waals surface area (Å²) in [5.74, 6) is -2.17. The van der Waals surface area contributed by atoms with Crippen LogP contribution >= 0.6 is 11.3 Å². The van der Waals surface area contributed by atoms with E-state index in [4.69, 9.17) is 15.2 Å². The molecule has 4 heterocycles. The second-order valence-corrected chi connectivity index (χ2v) is 7.79. The molecular weight excluding hydrogens is 461 g/mol. The molecule has 3 aromatic heterocycles. The van der Waals surface area contributed by atoms with Crippen LogP contribution in [0.25, 0.3) is 5.52 Å². The summed E-state index contributed by atoms with van der Waals surface area (Å²) in [6, 6.07) is 11.4. The number of hydrogen-bond acceptors (Lipinski definition) is 7. The fourth-order valence-corrected chi connectivity index (χ4v) is 3.71. The Morgan fingerprint density at radius 2 is 1.91 bits per heavy atom. The van der Waals surface area contributed by atoms with E-state index in [1.165, 1.54) is 11.3 Å². The van der Waals surface area contributed by atoms with Gasteiger partial charge in [0, 0.05) is 19.6 Å². The minimum atomic E-state index is -5.08. The van der Waals surface area contributed by atoms with E-state index in [1.807, 2.05) is 18.2 Å². The standard InChI is InChI=1S/C18H18N6OS.C2HF3O2/c19-12-16-14(6-11-26-16)21-18(25)15-4-2-13-3-5-17(22-24(13)15)23-9-1-7-20-8-10-23;3-2(4,5)1(6)7/h2-6,11,20H,1,7-10H2,(H,21,25);(H,6,7). The van der Waals surface area contributed by atoms with E-state index in [1.54, 1.807) is 22.0 Å². The first kappa shape index (κ1) is 24.0. The highest BCUT2D eigenvalue weighted by Crippen LogP contribution is 2.22. The Kier molecular flexibility index (Phi) is 7.52. The van der Waals surface area contributed by atoms with Gasteiger partial charge in [-0.3, -0.25) is 4.79 Å². The smallest absolute Gasteiger partial charge is 0.475 e. The molecule has 0 saturated carbocycles. The lowest BCUT2D eigenvalue weighted by Gasteiger charge is -2.21. The van der Waals surface area contributed by atoms with E-state index in [2.05, 4.69) is 26.7 Å². The van der Waals surface area contributed by atoms with E-state index in [9.17, 15) is 18.0 Å². The average molecular weight is 480 g/mol. The van der Waals surface area contributed by atoms with Gasteiger partial charge in [0.1, 0.15) is 22.5 Å². The topological polar surface area (TPSA) is 123 Å². The molecule has 4 rings (SSSR count). The number of nitriles is 1. The van der Waals surface area contributed by atoms with Crippen LogP contribution in [0.4, 0.5) is 24.7 Å². The number of halogens is 3. The largest absolute Gasteiger partial charge is 0.490 e. The zero-order valence-corrected chi connectivity index (χ0v) is 17.9. The summed E-state index contributed by atoms with van der Waals surface area (Å²) in [5.41, 5.74) is 1.84. The highest BCUT2D eigenvalue weighted by Gasteiger charge is 2.38. The molecule has 0 spiro atoms. The Labute approximate surface area is 190 Å². The maximum atomic E-state index is 12.7. The van der Waals surface area contributed by atoms with Gasteiger partial charge in [0.15, 0.2) is 0 Å². The molecule has 0 aliphatic carbocycles. The van der Waals surface area contributed by atoms with Crippen molar-refractivity contribution < 1.29 is 27.9 Å². The van der Waals surface area contributed by atoms with Crippen molar-refractivity contribution in [1.29, 1.82) is 5.26 Å². The number of amides is 1. The first-order valence-electron chi connectivity index (χ1n) is 9.74.